The standard InChI is InChI=1S/C13H19N5O/c1-17-4-6-18(7-5-17)13-14-8-11(9-15-13)16-12(19)10-2-3-10/h8-10H,2-7H2,1H3,(H,16,19). The lowest BCUT2D eigenvalue weighted by atomic mass is 10.3. The van der Waals surface area contributed by atoms with Crippen LogP contribution in [0.25, 0.3) is 0 Å². The van der Waals surface area contributed by atoms with E-state index in [4.69, 9.17) is 0 Å². The Morgan fingerprint density at radius 3 is 2.42 bits per heavy atom. The minimum Gasteiger partial charge on any atom is -0.338 e. The summed E-state index contributed by atoms with van der Waals surface area (Å²) in [5, 5.41) is 2.85. The lowest BCUT2D eigenvalue weighted by molar-refractivity contribution is -0.117. The van der Waals surface area contributed by atoms with Crippen LogP contribution in [0.4, 0.5) is 11.6 Å². The number of rotatable bonds is 3. The number of nitrogens with one attached hydrogen (secondary N) is 1. The molecule has 0 unspecified atom stereocenters. The van der Waals surface area contributed by atoms with Crippen molar-refractivity contribution in [2.24, 2.45) is 5.92 Å². The first-order chi connectivity index (χ1) is 9.22. The average Bonchev–Trinajstić information content (AvgIpc) is 3.25. The molecule has 0 spiro atoms. The Kier molecular flexibility index (Phi) is 3.33. The fourth-order valence-electron chi connectivity index (χ4n) is 2.15. The molecule has 0 aromatic carbocycles. The molecule has 1 aliphatic heterocycles. The third-order valence-electron chi connectivity index (χ3n) is 3.64. The van der Waals surface area contributed by atoms with E-state index in [-0.39, 0.29) is 11.8 Å². The van der Waals surface area contributed by atoms with E-state index in [9.17, 15) is 4.79 Å². The zero-order valence-electron chi connectivity index (χ0n) is 11.2. The second-order valence-electron chi connectivity index (χ2n) is 5.33. The van der Waals surface area contributed by atoms with Crippen molar-refractivity contribution in [2.45, 2.75) is 12.8 Å². The van der Waals surface area contributed by atoms with Crippen molar-refractivity contribution in [3.8, 4) is 0 Å². The fraction of sp³-hybridized carbons (Fsp3) is 0.615. The molecule has 1 aliphatic carbocycles. The molecular weight excluding hydrogens is 242 g/mol. The summed E-state index contributed by atoms with van der Waals surface area (Å²) in [6.45, 7) is 3.96. The van der Waals surface area contributed by atoms with Gasteiger partial charge in [0.25, 0.3) is 0 Å². The van der Waals surface area contributed by atoms with Crippen LogP contribution in [0, 0.1) is 5.92 Å². The first-order valence-corrected chi connectivity index (χ1v) is 6.79. The Morgan fingerprint density at radius 2 is 1.84 bits per heavy atom. The van der Waals surface area contributed by atoms with Gasteiger partial charge in [-0.15, -0.1) is 0 Å². The normalized spacial score (nSPS) is 20.4. The molecule has 1 aromatic rings. The van der Waals surface area contributed by atoms with Crippen LogP contribution in [0.3, 0.4) is 0 Å². The monoisotopic (exact) mass is 261 g/mol. The lowest BCUT2D eigenvalue weighted by Gasteiger charge is -2.32. The number of carbonyl (C=O) groups excluding carboxylic acids is 1. The number of hydrogen-bond acceptors (Lipinski definition) is 5. The molecule has 1 N–H and O–H groups in total. The number of anilines is 2. The predicted molar refractivity (Wildman–Crippen MR) is 73.1 cm³/mol. The van der Waals surface area contributed by atoms with Crippen molar-refractivity contribution < 1.29 is 4.79 Å². The molecule has 0 radical (unpaired) electrons. The van der Waals surface area contributed by atoms with Crippen LogP contribution >= 0.6 is 0 Å². The van der Waals surface area contributed by atoms with E-state index in [2.05, 4.69) is 32.1 Å². The summed E-state index contributed by atoms with van der Waals surface area (Å²) in [5.41, 5.74) is 0.690. The molecule has 3 rings (SSSR count). The van der Waals surface area contributed by atoms with Crippen molar-refractivity contribution in [3.05, 3.63) is 12.4 Å². The molecule has 2 aliphatic rings. The first kappa shape index (κ1) is 12.3. The SMILES string of the molecule is CN1CCN(c2ncc(NC(=O)C3CC3)cn2)CC1. The molecule has 2 heterocycles. The van der Waals surface area contributed by atoms with Crippen LogP contribution in [0.2, 0.25) is 0 Å². The van der Waals surface area contributed by atoms with Gasteiger partial charge < -0.3 is 15.1 Å². The second kappa shape index (κ2) is 5.13. The molecule has 1 saturated carbocycles. The third-order valence-corrected chi connectivity index (χ3v) is 3.64. The summed E-state index contributed by atoms with van der Waals surface area (Å²) in [5.74, 6) is 1.05. The Labute approximate surface area is 112 Å². The average molecular weight is 261 g/mol. The summed E-state index contributed by atoms with van der Waals surface area (Å²) >= 11 is 0. The molecule has 1 amide bonds. The Hall–Kier alpha value is -1.69. The summed E-state index contributed by atoms with van der Waals surface area (Å²) in [6, 6.07) is 0. The number of aromatic nitrogens is 2. The van der Waals surface area contributed by atoms with Gasteiger partial charge in [-0.2, -0.15) is 0 Å². The number of likely N-dealkylation sites (N-methyl/N-ethyl adjacent to an activating group) is 1. The Balaban J connectivity index is 1.60. The molecule has 1 saturated heterocycles. The quantitative estimate of drug-likeness (QED) is 0.862. The lowest BCUT2D eigenvalue weighted by Crippen LogP contribution is -2.45. The van der Waals surface area contributed by atoms with Crippen molar-refractivity contribution in [3.63, 3.8) is 0 Å². The van der Waals surface area contributed by atoms with E-state index in [0.717, 1.165) is 45.0 Å². The van der Waals surface area contributed by atoms with Gasteiger partial charge in [0, 0.05) is 32.1 Å². The zero-order valence-corrected chi connectivity index (χ0v) is 11.2. The third kappa shape index (κ3) is 3.01. The maximum absolute atomic E-state index is 11.6. The minimum atomic E-state index is 0.0935. The van der Waals surface area contributed by atoms with Gasteiger partial charge in [0.05, 0.1) is 18.1 Å². The van der Waals surface area contributed by atoms with Gasteiger partial charge in [-0.25, -0.2) is 9.97 Å². The van der Waals surface area contributed by atoms with E-state index in [1.165, 1.54) is 0 Å². The van der Waals surface area contributed by atoms with Crippen LogP contribution in [0.5, 0.6) is 0 Å². The van der Waals surface area contributed by atoms with Gasteiger partial charge in [-0.05, 0) is 19.9 Å². The van der Waals surface area contributed by atoms with E-state index < -0.39 is 0 Å². The molecule has 102 valence electrons. The zero-order chi connectivity index (χ0) is 13.2. The number of nitrogens with zero attached hydrogens (tertiary/aromatic N) is 4. The molecule has 6 nitrogen and oxygen atoms in total. The van der Waals surface area contributed by atoms with E-state index >= 15 is 0 Å². The predicted octanol–water partition coefficient (Wildman–Crippen LogP) is 0.577. The van der Waals surface area contributed by atoms with Crippen molar-refractivity contribution in [1.29, 1.82) is 0 Å². The number of piperazine rings is 1. The van der Waals surface area contributed by atoms with E-state index in [1.54, 1.807) is 12.4 Å². The van der Waals surface area contributed by atoms with Gasteiger partial charge in [-0.1, -0.05) is 0 Å². The van der Waals surface area contributed by atoms with Crippen LogP contribution in [0.1, 0.15) is 12.8 Å². The number of carbonyl (C=O) groups is 1. The van der Waals surface area contributed by atoms with Crippen LogP contribution in [-0.4, -0.2) is 54.0 Å². The van der Waals surface area contributed by atoms with E-state index in [1.807, 2.05) is 0 Å². The summed E-state index contributed by atoms with van der Waals surface area (Å²) in [6.07, 6.45) is 5.40. The summed E-state index contributed by atoms with van der Waals surface area (Å²) in [4.78, 5) is 24.8. The molecular formula is C13H19N5O. The van der Waals surface area contributed by atoms with Crippen molar-refractivity contribution in [2.75, 3.05) is 43.4 Å². The highest BCUT2D eigenvalue weighted by atomic mass is 16.2. The van der Waals surface area contributed by atoms with Gasteiger partial charge in [0.15, 0.2) is 0 Å². The molecule has 1 aromatic heterocycles. The largest absolute Gasteiger partial charge is 0.338 e. The maximum atomic E-state index is 11.6. The molecule has 2 fully saturated rings. The minimum absolute atomic E-state index is 0.0935. The Bertz CT molecular complexity index is 449. The Morgan fingerprint density at radius 1 is 1.21 bits per heavy atom. The van der Waals surface area contributed by atoms with Gasteiger partial charge in [0.1, 0.15) is 0 Å². The topological polar surface area (TPSA) is 61.4 Å². The number of hydrogen-bond donors (Lipinski definition) is 1. The van der Waals surface area contributed by atoms with Gasteiger partial charge in [0.2, 0.25) is 11.9 Å². The molecule has 6 heteroatoms. The molecule has 19 heavy (non-hydrogen) atoms. The highest BCUT2D eigenvalue weighted by molar-refractivity contribution is 5.93. The van der Waals surface area contributed by atoms with E-state index in [0.29, 0.717) is 5.69 Å². The number of amides is 1. The highest BCUT2D eigenvalue weighted by Gasteiger charge is 2.29. The van der Waals surface area contributed by atoms with Crippen molar-refractivity contribution >= 4 is 17.5 Å². The van der Waals surface area contributed by atoms with Crippen LogP contribution < -0.4 is 10.2 Å². The molecule has 0 atom stereocenters. The summed E-state index contributed by atoms with van der Waals surface area (Å²) < 4.78 is 0. The maximum Gasteiger partial charge on any atom is 0.227 e. The molecule has 0 bridgehead atoms. The fourth-order valence-corrected chi connectivity index (χ4v) is 2.15. The first-order valence-electron chi connectivity index (χ1n) is 6.79. The van der Waals surface area contributed by atoms with Gasteiger partial charge in [-0.3, -0.25) is 4.79 Å². The van der Waals surface area contributed by atoms with Crippen LogP contribution in [0.15, 0.2) is 12.4 Å². The highest BCUT2D eigenvalue weighted by Crippen LogP contribution is 2.30. The second-order valence-corrected chi connectivity index (χ2v) is 5.33. The van der Waals surface area contributed by atoms with Crippen LogP contribution in [-0.2, 0) is 4.79 Å². The summed E-state index contributed by atoms with van der Waals surface area (Å²) in [7, 11) is 2.12. The van der Waals surface area contributed by atoms with Crippen molar-refractivity contribution in [1.82, 2.24) is 14.9 Å². The smallest absolute Gasteiger partial charge is 0.227 e. The van der Waals surface area contributed by atoms with Gasteiger partial charge >= 0.3 is 0 Å².